The number of carbonyl (C=O) groups excluding carboxylic acids is 2. The molecular weight excluding hydrogens is 385 g/mol. The van der Waals surface area contributed by atoms with Gasteiger partial charge >= 0.3 is 0 Å². The largest absolute Gasteiger partial charge is 0.335 e. The van der Waals surface area contributed by atoms with Gasteiger partial charge in [0.1, 0.15) is 11.5 Å². The van der Waals surface area contributed by atoms with Crippen molar-refractivity contribution in [3.8, 4) is 11.3 Å². The molecule has 0 aliphatic carbocycles. The van der Waals surface area contributed by atoms with E-state index in [0.29, 0.717) is 37.6 Å². The normalized spacial score (nSPS) is 14.5. The monoisotopic (exact) mass is 407 g/mol. The van der Waals surface area contributed by atoms with Crippen LogP contribution in [0.15, 0.2) is 60.7 Å². The fraction of sp³-hybridized carbons (Fsp3) is 0.227. The van der Waals surface area contributed by atoms with Gasteiger partial charge in [-0.15, -0.1) is 0 Å². The van der Waals surface area contributed by atoms with Gasteiger partial charge in [0, 0.05) is 37.4 Å². The zero-order chi connectivity index (χ0) is 20.9. The molecule has 0 radical (unpaired) electrons. The predicted octanol–water partition coefficient (Wildman–Crippen LogP) is 2.61. The third-order valence-corrected chi connectivity index (χ3v) is 5.03. The van der Waals surface area contributed by atoms with Crippen molar-refractivity contribution in [2.75, 3.05) is 38.0 Å². The maximum atomic E-state index is 12.9. The van der Waals surface area contributed by atoms with E-state index in [-0.39, 0.29) is 24.2 Å². The first-order valence-corrected chi connectivity index (χ1v) is 9.76. The number of aromatic amines is 1. The van der Waals surface area contributed by atoms with E-state index in [1.807, 2.05) is 35.2 Å². The van der Waals surface area contributed by atoms with Crippen LogP contribution >= 0.6 is 0 Å². The number of carbonyl (C=O) groups is 2. The van der Waals surface area contributed by atoms with Crippen molar-refractivity contribution in [3.63, 3.8) is 0 Å². The Morgan fingerprint density at radius 3 is 2.40 bits per heavy atom. The first-order valence-electron chi connectivity index (χ1n) is 9.76. The van der Waals surface area contributed by atoms with Crippen LogP contribution in [0.4, 0.5) is 10.1 Å². The van der Waals surface area contributed by atoms with Crippen LogP contribution in [-0.4, -0.2) is 64.5 Å². The Balaban J connectivity index is 1.28. The summed E-state index contributed by atoms with van der Waals surface area (Å²) in [7, 11) is 0. The molecule has 2 heterocycles. The fourth-order valence-corrected chi connectivity index (χ4v) is 3.40. The van der Waals surface area contributed by atoms with Gasteiger partial charge in [0.15, 0.2) is 0 Å². The van der Waals surface area contributed by atoms with Crippen LogP contribution < -0.4 is 5.32 Å². The Bertz CT molecular complexity index is 1010. The zero-order valence-corrected chi connectivity index (χ0v) is 16.3. The van der Waals surface area contributed by atoms with Gasteiger partial charge in [-0.25, -0.2) is 4.39 Å². The van der Waals surface area contributed by atoms with Crippen molar-refractivity contribution in [2.24, 2.45) is 0 Å². The van der Waals surface area contributed by atoms with Crippen LogP contribution in [0.3, 0.4) is 0 Å². The molecular formula is C22H22FN5O2. The number of hydrogen-bond acceptors (Lipinski definition) is 4. The fourth-order valence-electron chi connectivity index (χ4n) is 3.40. The van der Waals surface area contributed by atoms with Crippen LogP contribution in [-0.2, 0) is 4.79 Å². The second-order valence-corrected chi connectivity index (χ2v) is 7.16. The quantitative estimate of drug-likeness (QED) is 0.681. The summed E-state index contributed by atoms with van der Waals surface area (Å²) in [5, 5.41) is 9.83. The average Bonchev–Trinajstić information content (AvgIpc) is 3.26. The molecule has 1 aliphatic rings. The van der Waals surface area contributed by atoms with E-state index >= 15 is 0 Å². The number of H-pyrrole nitrogens is 1. The Morgan fingerprint density at radius 1 is 1.00 bits per heavy atom. The molecule has 4 rings (SSSR count). The molecule has 1 fully saturated rings. The summed E-state index contributed by atoms with van der Waals surface area (Å²) in [6, 6.07) is 17.1. The van der Waals surface area contributed by atoms with Crippen molar-refractivity contribution in [2.45, 2.75) is 0 Å². The molecule has 1 aromatic heterocycles. The maximum Gasteiger partial charge on any atom is 0.271 e. The van der Waals surface area contributed by atoms with E-state index < -0.39 is 0 Å². The number of anilines is 1. The molecule has 0 saturated carbocycles. The lowest BCUT2D eigenvalue weighted by Crippen LogP contribution is -2.50. The molecule has 8 heteroatoms. The first-order chi connectivity index (χ1) is 14.6. The molecule has 3 aromatic rings. The smallest absolute Gasteiger partial charge is 0.271 e. The van der Waals surface area contributed by atoms with Crippen LogP contribution in [0.1, 0.15) is 10.5 Å². The van der Waals surface area contributed by atoms with Crippen molar-refractivity contribution >= 4 is 17.5 Å². The molecule has 1 aliphatic heterocycles. The Labute approximate surface area is 173 Å². The summed E-state index contributed by atoms with van der Waals surface area (Å²) in [5.41, 5.74) is 2.69. The number of nitrogens with one attached hydrogen (secondary N) is 2. The molecule has 0 unspecified atom stereocenters. The van der Waals surface area contributed by atoms with Crippen molar-refractivity contribution in [1.29, 1.82) is 0 Å². The zero-order valence-electron chi connectivity index (χ0n) is 16.3. The van der Waals surface area contributed by atoms with Gasteiger partial charge in [0.25, 0.3) is 5.91 Å². The van der Waals surface area contributed by atoms with Gasteiger partial charge in [-0.3, -0.25) is 19.6 Å². The van der Waals surface area contributed by atoms with Crippen LogP contribution in [0.25, 0.3) is 11.3 Å². The Hall–Kier alpha value is -3.52. The summed E-state index contributed by atoms with van der Waals surface area (Å²) < 4.78 is 12.9. The van der Waals surface area contributed by atoms with E-state index in [1.54, 1.807) is 11.0 Å². The summed E-state index contributed by atoms with van der Waals surface area (Å²) in [5.74, 6) is -0.607. The molecule has 2 amide bonds. The minimum atomic E-state index is -0.345. The van der Waals surface area contributed by atoms with Crippen molar-refractivity contribution < 1.29 is 14.0 Å². The molecule has 2 aromatic carbocycles. The van der Waals surface area contributed by atoms with Gasteiger partial charge in [-0.2, -0.15) is 5.10 Å². The summed E-state index contributed by atoms with van der Waals surface area (Å²) in [6.45, 7) is 2.48. The standard InChI is InChI=1S/C22H22FN5O2/c23-17-6-8-18(9-7-17)24-21(29)15-27-10-12-28(13-11-27)22(30)20-14-19(25-26-20)16-4-2-1-3-5-16/h1-9,14H,10-13,15H2,(H,24,29)(H,25,26). The molecule has 154 valence electrons. The van der Waals surface area contributed by atoms with E-state index in [1.165, 1.54) is 24.3 Å². The molecule has 1 saturated heterocycles. The van der Waals surface area contributed by atoms with Crippen molar-refractivity contribution in [3.05, 3.63) is 72.2 Å². The maximum absolute atomic E-state index is 12.9. The van der Waals surface area contributed by atoms with E-state index in [2.05, 4.69) is 15.5 Å². The minimum absolute atomic E-state index is 0.0971. The lowest BCUT2D eigenvalue weighted by atomic mass is 10.1. The topological polar surface area (TPSA) is 81.3 Å². The third kappa shape index (κ3) is 4.72. The van der Waals surface area contributed by atoms with Gasteiger partial charge in [0.05, 0.1) is 12.2 Å². The molecule has 7 nitrogen and oxygen atoms in total. The highest BCUT2D eigenvalue weighted by atomic mass is 19.1. The average molecular weight is 407 g/mol. The third-order valence-electron chi connectivity index (χ3n) is 5.03. The molecule has 0 atom stereocenters. The Morgan fingerprint density at radius 2 is 1.70 bits per heavy atom. The number of piperazine rings is 1. The van der Waals surface area contributed by atoms with Gasteiger partial charge < -0.3 is 10.2 Å². The SMILES string of the molecule is O=C(CN1CCN(C(=O)c2cc(-c3ccccc3)n[nH]2)CC1)Nc1ccc(F)cc1. The summed E-state index contributed by atoms with van der Waals surface area (Å²) in [6.07, 6.45) is 0. The lowest BCUT2D eigenvalue weighted by molar-refractivity contribution is -0.117. The first kappa shape index (κ1) is 19.8. The highest BCUT2D eigenvalue weighted by molar-refractivity contribution is 5.94. The highest BCUT2D eigenvalue weighted by Crippen LogP contribution is 2.18. The number of halogens is 1. The molecule has 2 N–H and O–H groups in total. The van der Waals surface area contributed by atoms with Gasteiger partial charge in [-0.1, -0.05) is 30.3 Å². The number of nitrogens with zero attached hydrogens (tertiary/aromatic N) is 3. The number of rotatable bonds is 5. The van der Waals surface area contributed by atoms with Crippen LogP contribution in [0.2, 0.25) is 0 Å². The lowest BCUT2D eigenvalue weighted by Gasteiger charge is -2.34. The molecule has 0 bridgehead atoms. The van der Waals surface area contributed by atoms with E-state index in [9.17, 15) is 14.0 Å². The number of benzene rings is 2. The van der Waals surface area contributed by atoms with E-state index in [4.69, 9.17) is 0 Å². The second kappa shape index (κ2) is 8.87. The second-order valence-electron chi connectivity index (χ2n) is 7.16. The van der Waals surface area contributed by atoms with Gasteiger partial charge in [0.2, 0.25) is 5.91 Å². The molecule has 0 spiro atoms. The minimum Gasteiger partial charge on any atom is -0.335 e. The number of amides is 2. The van der Waals surface area contributed by atoms with Gasteiger partial charge in [-0.05, 0) is 30.3 Å². The molecule has 30 heavy (non-hydrogen) atoms. The van der Waals surface area contributed by atoms with Crippen LogP contribution in [0.5, 0.6) is 0 Å². The predicted molar refractivity (Wildman–Crippen MR) is 111 cm³/mol. The summed E-state index contributed by atoms with van der Waals surface area (Å²) in [4.78, 5) is 28.7. The Kier molecular flexibility index (Phi) is 5.85. The number of hydrogen-bond donors (Lipinski definition) is 2. The van der Waals surface area contributed by atoms with E-state index in [0.717, 1.165) is 11.3 Å². The highest BCUT2D eigenvalue weighted by Gasteiger charge is 2.24. The van der Waals surface area contributed by atoms with Crippen molar-refractivity contribution in [1.82, 2.24) is 20.0 Å². The van der Waals surface area contributed by atoms with Crippen LogP contribution in [0, 0.1) is 5.82 Å². The summed E-state index contributed by atoms with van der Waals surface area (Å²) >= 11 is 0. The number of aromatic nitrogens is 2.